The molecule has 20 heavy (non-hydrogen) atoms. The van der Waals surface area contributed by atoms with Crippen LogP contribution in [0.5, 0.6) is 23.0 Å². The van der Waals surface area contributed by atoms with Gasteiger partial charge in [0.15, 0.2) is 23.0 Å². The molecule has 0 saturated carbocycles. The summed E-state index contributed by atoms with van der Waals surface area (Å²) in [6.45, 7) is 0.677. The van der Waals surface area contributed by atoms with Gasteiger partial charge in [-0.2, -0.15) is 0 Å². The van der Waals surface area contributed by atoms with Gasteiger partial charge in [0.25, 0.3) is 0 Å². The van der Waals surface area contributed by atoms with Crippen molar-refractivity contribution in [1.29, 1.82) is 0 Å². The van der Waals surface area contributed by atoms with Crippen LogP contribution in [0.15, 0.2) is 40.9 Å². The SMILES string of the molecule is COc1ccccc1OCc1cc2c(cc1Br)OCO2. The van der Waals surface area contributed by atoms with E-state index in [4.69, 9.17) is 18.9 Å². The quantitative estimate of drug-likeness (QED) is 0.851. The fraction of sp³-hybridized carbons (Fsp3) is 0.200. The first-order valence-electron chi connectivity index (χ1n) is 6.12. The predicted molar refractivity (Wildman–Crippen MR) is 77.6 cm³/mol. The van der Waals surface area contributed by atoms with Gasteiger partial charge in [-0.1, -0.05) is 28.1 Å². The van der Waals surface area contributed by atoms with E-state index in [0.717, 1.165) is 21.5 Å². The highest BCUT2D eigenvalue weighted by Gasteiger charge is 2.16. The van der Waals surface area contributed by atoms with E-state index in [1.807, 2.05) is 36.4 Å². The summed E-state index contributed by atoms with van der Waals surface area (Å²) in [5, 5.41) is 0. The topological polar surface area (TPSA) is 36.9 Å². The Morgan fingerprint density at radius 1 is 1.10 bits per heavy atom. The lowest BCUT2D eigenvalue weighted by atomic mass is 10.2. The molecule has 0 N–H and O–H groups in total. The third-order valence-electron chi connectivity index (χ3n) is 2.99. The average molecular weight is 337 g/mol. The van der Waals surface area contributed by atoms with Gasteiger partial charge < -0.3 is 18.9 Å². The predicted octanol–water partition coefficient (Wildman–Crippen LogP) is 3.77. The smallest absolute Gasteiger partial charge is 0.231 e. The van der Waals surface area contributed by atoms with Crippen LogP contribution in [0.3, 0.4) is 0 Å². The van der Waals surface area contributed by atoms with Crippen LogP contribution in [0.4, 0.5) is 0 Å². The van der Waals surface area contributed by atoms with E-state index in [1.54, 1.807) is 7.11 Å². The maximum atomic E-state index is 5.80. The summed E-state index contributed by atoms with van der Waals surface area (Å²) in [6.07, 6.45) is 0. The van der Waals surface area contributed by atoms with Gasteiger partial charge in [0.05, 0.1) is 7.11 Å². The van der Waals surface area contributed by atoms with Crippen molar-refractivity contribution in [2.45, 2.75) is 6.61 Å². The number of hydrogen-bond donors (Lipinski definition) is 0. The monoisotopic (exact) mass is 336 g/mol. The molecule has 0 radical (unpaired) electrons. The van der Waals surface area contributed by atoms with Gasteiger partial charge in [0.2, 0.25) is 6.79 Å². The first-order valence-corrected chi connectivity index (χ1v) is 6.91. The van der Waals surface area contributed by atoms with E-state index in [1.165, 1.54) is 0 Å². The molecule has 1 aliphatic rings. The maximum absolute atomic E-state index is 5.80. The number of methoxy groups -OCH3 is 1. The van der Waals surface area contributed by atoms with E-state index in [9.17, 15) is 0 Å². The zero-order valence-electron chi connectivity index (χ0n) is 10.9. The van der Waals surface area contributed by atoms with Crippen LogP contribution in [0.1, 0.15) is 5.56 Å². The second-order valence-corrected chi connectivity index (χ2v) is 5.09. The van der Waals surface area contributed by atoms with E-state index in [0.29, 0.717) is 18.1 Å². The van der Waals surface area contributed by atoms with E-state index < -0.39 is 0 Å². The molecule has 2 aromatic carbocycles. The number of hydrogen-bond acceptors (Lipinski definition) is 4. The molecular weight excluding hydrogens is 324 g/mol. The van der Waals surface area contributed by atoms with Crippen molar-refractivity contribution >= 4 is 15.9 Å². The van der Waals surface area contributed by atoms with Gasteiger partial charge in [0, 0.05) is 10.0 Å². The fourth-order valence-corrected chi connectivity index (χ4v) is 2.40. The first-order chi connectivity index (χ1) is 9.78. The Labute approximate surface area is 125 Å². The minimum absolute atomic E-state index is 0.262. The lowest BCUT2D eigenvalue weighted by Gasteiger charge is -2.11. The lowest BCUT2D eigenvalue weighted by molar-refractivity contribution is 0.174. The number of ether oxygens (including phenoxy) is 4. The third-order valence-corrected chi connectivity index (χ3v) is 3.73. The summed E-state index contributed by atoms with van der Waals surface area (Å²) in [5.74, 6) is 2.91. The van der Waals surface area contributed by atoms with Crippen molar-refractivity contribution in [3.05, 3.63) is 46.4 Å². The van der Waals surface area contributed by atoms with Gasteiger partial charge in [0.1, 0.15) is 6.61 Å². The minimum Gasteiger partial charge on any atom is -0.493 e. The molecule has 0 aromatic heterocycles. The van der Waals surface area contributed by atoms with Gasteiger partial charge in [-0.05, 0) is 24.3 Å². The molecule has 0 saturated heterocycles. The Hall–Kier alpha value is -1.88. The largest absolute Gasteiger partial charge is 0.493 e. The fourth-order valence-electron chi connectivity index (χ4n) is 1.96. The number of para-hydroxylation sites is 2. The summed E-state index contributed by atoms with van der Waals surface area (Å²) in [5.41, 5.74) is 0.986. The lowest BCUT2D eigenvalue weighted by Crippen LogP contribution is -1.98. The molecule has 104 valence electrons. The van der Waals surface area contributed by atoms with Crippen molar-refractivity contribution in [3.8, 4) is 23.0 Å². The molecule has 2 aromatic rings. The Balaban J connectivity index is 1.78. The van der Waals surface area contributed by atoms with Crippen LogP contribution >= 0.6 is 15.9 Å². The molecule has 0 aliphatic carbocycles. The summed E-state index contributed by atoms with van der Waals surface area (Å²) >= 11 is 3.51. The molecule has 4 nitrogen and oxygen atoms in total. The summed E-state index contributed by atoms with van der Waals surface area (Å²) in [7, 11) is 1.62. The van der Waals surface area contributed by atoms with E-state index in [-0.39, 0.29) is 6.79 Å². The molecule has 1 heterocycles. The molecule has 0 amide bonds. The van der Waals surface area contributed by atoms with Crippen molar-refractivity contribution in [1.82, 2.24) is 0 Å². The number of halogens is 1. The summed E-state index contributed by atoms with van der Waals surface area (Å²) < 4.78 is 22.7. The van der Waals surface area contributed by atoms with E-state index >= 15 is 0 Å². The Kier molecular flexibility index (Phi) is 3.69. The van der Waals surface area contributed by atoms with Crippen molar-refractivity contribution in [3.63, 3.8) is 0 Å². The van der Waals surface area contributed by atoms with Crippen LogP contribution in [-0.2, 0) is 6.61 Å². The molecule has 3 rings (SSSR count). The standard InChI is InChI=1S/C15H13BrO4/c1-17-12-4-2-3-5-13(12)18-8-10-6-14-15(7-11(10)16)20-9-19-14/h2-7H,8-9H2,1H3. The molecular formula is C15H13BrO4. The third kappa shape index (κ3) is 2.54. The Morgan fingerprint density at radius 3 is 2.55 bits per heavy atom. The van der Waals surface area contributed by atoms with Crippen LogP contribution < -0.4 is 18.9 Å². The molecule has 0 fully saturated rings. The van der Waals surface area contributed by atoms with Gasteiger partial charge >= 0.3 is 0 Å². The first kappa shape index (κ1) is 13.1. The van der Waals surface area contributed by atoms with Crippen LogP contribution in [0.25, 0.3) is 0 Å². The summed E-state index contributed by atoms with van der Waals surface area (Å²) in [6, 6.07) is 11.4. The number of fused-ring (bicyclic) bond motifs is 1. The van der Waals surface area contributed by atoms with Gasteiger partial charge in [-0.3, -0.25) is 0 Å². The van der Waals surface area contributed by atoms with Gasteiger partial charge in [-0.25, -0.2) is 0 Å². The highest BCUT2D eigenvalue weighted by Crippen LogP contribution is 2.37. The number of rotatable bonds is 4. The second kappa shape index (κ2) is 5.63. The second-order valence-electron chi connectivity index (χ2n) is 4.24. The van der Waals surface area contributed by atoms with Crippen LogP contribution in [0.2, 0.25) is 0 Å². The average Bonchev–Trinajstić information content (AvgIpc) is 2.92. The normalized spacial score (nSPS) is 12.3. The van der Waals surface area contributed by atoms with Crippen LogP contribution in [0, 0.1) is 0 Å². The summed E-state index contributed by atoms with van der Waals surface area (Å²) in [4.78, 5) is 0. The molecule has 1 aliphatic heterocycles. The highest BCUT2D eigenvalue weighted by atomic mass is 79.9. The van der Waals surface area contributed by atoms with Crippen molar-refractivity contribution < 1.29 is 18.9 Å². The zero-order valence-corrected chi connectivity index (χ0v) is 12.5. The maximum Gasteiger partial charge on any atom is 0.231 e. The molecule has 5 heteroatoms. The van der Waals surface area contributed by atoms with Crippen LogP contribution in [-0.4, -0.2) is 13.9 Å². The minimum atomic E-state index is 0.262. The Morgan fingerprint density at radius 2 is 1.80 bits per heavy atom. The zero-order chi connectivity index (χ0) is 13.9. The molecule has 0 atom stereocenters. The molecule has 0 unspecified atom stereocenters. The molecule has 0 bridgehead atoms. The van der Waals surface area contributed by atoms with Crippen molar-refractivity contribution in [2.24, 2.45) is 0 Å². The van der Waals surface area contributed by atoms with E-state index in [2.05, 4.69) is 15.9 Å². The number of benzene rings is 2. The van der Waals surface area contributed by atoms with Crippen molar-refractivity contribution in [2.75, 3.05) is 13.9 Å². The van der Waals surface area contributed by atoms with Gasteiger partial charge in [-0.15, -0.1) is 0 Å². The molecule has 0 spiro atoms. The Bertz CT molecular complexity index is 627. The highest BCUT2D eigenvalue weighted by molar-refractivity contribution is 9.10.